The first-order chi connectivity index (χ1) is 15.1. The number of carboxylic acid groups (broad SMARTS) is 1. The van der Waals surface area contributed by atoms with Crippen LogP contribution in [0, 0.1) is 12.3 Å². The smallest absolute Gasteiger partial charge is 0.323 e. The molecule has 174 valence electrons. The topological polar surface area (TPSA) is 88.8 Å². The van der Waals surface area contributed by atoms with E-state index in [4.69, 9.17) is 4.74 Å². The maximum Gasteiger partial charge on any atom is 0.323 e. The van der Waals surface area contributed by atoms with E-state index in [1.165, 1.54) is 9.87 Å². The number of fused-ring (bicyclic) bond motifs is 1. The van der Waals surface area contributed by atoms with Crippen LogP contribution < -0.4 is 0 Å². The van der Waals surface area contributed by atoms with Gasteiger partial charge in [-0.2, -0.15) is 4.31 Å². The SMILES string of the molecule is Cc1c(Cc2ccccc2S(=O)(=O)N2CCOCC2)c2c(n1CC(=O)O)CCC(C)(C)C2. The molecule has 1 fully saturated rings. The molecule has 1 saturated heterocycles. The lowest BCUT2D eigenvalue weighted by atomic mass is 9.75. The van der Waals surface area contributed by atoms with Crippen molar-refractivity contribution in [2.75, 3.05) is 26.3 Å². The highest BCUT2D eigenvalue weighted by Gasteiger charge is 2.33. The van der Waals surface area contributed by atoms with E-state index in [0.29, 0.717) is 37.6 Å². The molecule has 2 heterocycles. The molecule has 1 aliphatic heterocycles. The Bertz CT molecular complexity index is 1130. The maximum absolute atomic E-state index is 13.4. The molecule has 7 nitrogen and oxygen atoms in total. The number of sulfonamides is 1. The van der Waals surface area contributed by atoms with Crippen molar-refractivity contribution in [1.29, 1.82) is 0 Å². The van der Waals surface area contributed by atoms with Gasteiger partial charge in [0.15, 0.2) is 0 Å². The molecule has 0 amide bonds. The Morgan fingerprint density at radius 3 is 2.56 bits per heavy atom. The third-order valence-corrected chi connectivity index (χ3v) is 8.79. The number of aliphatic carboxylic acids is 1. The van der Waals surface area contributed by atoms with Gasteiger partial charge in [0.2, 0.25) is 10.0 Å². The largest absolute Gasteiger partial charge is 0.480 e. The van der Waals surface area contributed by atoms with Gasteiger partial charge in [-0.25, -0.2) is 8.42 Å². The summed E-state index contributed by atoms with van der Waals surface area (Å²) in [6, 6.07) is 7.19. The molecule has 1 aromatic carbocycles. The van der Waals surface area contributed by atoms with Crippen LogP contribution in [-0.4, -0.2) is 54.7 Å². The van der Waals surface area contributed by atoms with Gasteiger partial charge in [-0.15, -0.1) is 0 Å². The van der Waals surface area contributed by atoms with Crippen molar-refractivity contribution < 1.29 is 23.1 Å². The highest BCUT2D eigenvalue weighted by atomic mass is 32.2. The number of morpholine rings is 1. The Hall–Kier alpha value is -2.16. The van der Waals surface area contributed by atoms with Gasteiger partial charge >= 0.3 is 5.97 Å². The van der Waals surface area contributed by atoms with Crippen molar-refractivity contribution in [2.45, 2.75) is 57.9 Å². The molecule has 0 bridgehead atoms. The number of ether oxygens (including phenoxy) is 1. The van der Waals surface area contributed by atoms with Crippen molar-refractivity contribution in [1.82, 2.24) is 8.87 Å². The Kier molecular flexibility index (Phi) is 6.22. The van der Waals surface area contributed by atoms with Crippen LogP contribution in [0.1, 0.15) is 48.3 Å². The molecular weight excluding hydrogens is 428 g/mol. The van der Waals surface area contributed by atoms with Gasteiger partial charge in [-0.1, -0.05) is 32.0 Å². The molecule has 1 aliphatic carbocycles. The van der Waals surface area contributed by atoms with Crippen LogP contribution in [-0.2, 0) is 45.4 Å². The molecule has 2 aromatic rings. The fourth-order valence-corrected chi connectivity index (χ4v) is 6.67. The lowest BCUT2D eigenvalue weighted by Crippen LogP contribution is -2.40. The van der Waals surface area contributed by atoms with Crippen LogP contribution in [0.2, 0.25) is 0 Å². The number of rotatable bonds is 6. The minimum absolute atomic E-state index is 0.0671. The quantitative estimate of drug-likeness (QED) is 0.716. The second kappa shape index (κ2) is 8.65. The number of aromatic nitrogens is 1. The van der Waals surface area contributed by atoms with Crippen molar-refractivity contribution in [3.63, 3.8) is 0 Å². The maximum atomic E-state index is 13.4. The van der Waals surface area contributed by atoms with Crippen LogP contribution in [0.4, 0.5) is 0 Å². The second-order valence-corrected chi connectivity index (χ2v) is 11.5. The summed E-state index contributed by atoms with van der Waals surface area (Å²) < 4.78 is 35.6. The van der Waals surface area contributed by atoms with Gasteiger partial charge in [-0.05, 0) is 54.4 Å². The van der Waals surface area contributed by atoms with E-state index in [1.54, 1.807) is 12.1 Å². The molecule has 1 N–H and O–H groups in total. The lowest BCUT2D eigenvalue weighted by molar-refractivity contribution is -0.137. The zero-order valence-corrected chi connectivity index (χ0v) is 19.9. The van der Waals surface area contributed by atoms with E-state index in [-0.39, 0.29) is 12.0 Å². The van der Waals surface area contributed by atoms with Crippen molar-refractivity contribution in [3.05, 3.63) is 52.3 Å². The summed E-state index contributed by atoms with van der Waals surface area (Å²) in [4.78, 5) is 11.9. The number of carboxylic acids is 1. The third-order valence-electron chi connectivity index (χ3n) is 6.80. The number of nitrogens with zero attached hydrogens (tertiary/aromatic N) is 2. The monoisotopic (exact) mass is 460 g/mol. The minimum Gasteiger partial charge on any atom is -0.480 e. The van der Waals surface area contributed by atoms with Crippen LogP contribution >= 0.6 is 0 Å². The average molecular weight is 461 g/mol. The number of carbonyl (C=O) groups is 1. The van der Waals surface area contributed by atoms with E-state index in [2.05, 4.69) is 13.8 Å². The summed E-state index contributed by atoms with van der Waals surface area (Å²) in [7, 11) is -3.63. The summed E-state index contributed by atoms with van der Waals surface area (Å²) in [6.07, 6.45) is 3.18. The van der Waals surface area contributed by atoms with E-state index in [1.807, 2.05) is 23.6 Å². The zero-order valence-electron chi connectivity index (χ0n) is 19.1. The number of hydrogen-bond donors (Lipinski definition) is 1. The van der Waals surface area contributed by atoms with Crippen LogP contribution in [0.25, 0.3) is 0 Å². The van der Waals surface area contributed by atoms with E-state index >= 15 is 0 Å². The molecule has 2 aliphatic rings. The molecule has 8 heteroatoms. The van der Waals surface area contributed by atoms with E-state index in [9.17, 15) is 18.3 Å². The van der Waals surface area contributed by atoms with Gasteiger partial charge in [-0.3, -0.25) is 4.79 Å². The number of benzene rings is 1. The highest BCUT2D eigenvalue weighted by Crippen LogP contribution is 2.40. The Morgan fingerprint density at radius 2 is 1.88 bits per heavy atom. The lowest BCUT2D eigenvalue weighted by Gasteiger charge is -2.31. The molecule has 0 saturated carbocycles. The van der Waals surface area contributed by atoms with Crippen LogP contribution in [0.5, 0.6) is 0 Å². The van der Waals surface area contributed by atoms with Gasteiger partial charge in [0.25, 0.3) is 0 Å². The van der Waals surface area contributed by atoms with Crippen molar-refractivity contribution in [2.24, 2.45) is 5.41 Å². The zero-order chi connectivity index (χ0) is 23.1. The van der Waals surface area contributed by atoms with Crippen LogP contribution in [0.15, 0.2) is 29.2 Å². The summed E-state index contributed by atoms with van der Waals surface area (Å²) >= 11 is 0. The molecule has 0 radical (unpaired) electrons. The van der Waals surface area contributed by atoms with E-state index < -0.39 is 16.0 Å². The average Bonchev–Trinajstić information content (AvgIpc) is 2.98. The summed E-state index contributed by atoms with van der Waals surface area (Å²) in [6.45, 7) is 7.89. The normalized spacial score (nSPS) is 19.0. The summed E-state index contributed by atoms with van der Waals surface area (Å²) in [5, 5.41) is 9.47. The molecule has 4 rings (SSSR count). The first-order valence-corrected chi connectivity index (χ1v) is 12.6. The Labute approximate surface area is 190 Å². The van der Waals surface area contributed by atoms with Crippen molar-refractivity contribution >= 4 is 16.0 Å². The first-order valence-electron chi connectivity index (χ1n) is 11.2. The fraction of sp³-hybridized carbons (Fsp3) is 0.542. The van der Waals surface area contributed by atoms with Gasteiger partial charge in [0.1, 0.15) is 6.54 Å². The van der Waals surface area contributed by atoms with Gasteiger partial charge < -0.3 is 14.4 Å². The first kappa shape index (κ1) is 23.0. The second-order valence-electron chi connectivity index (χ2n) is 9.61. The standard InChI is InChI=1S/C24H32N2O5S/c1-17-19(20-15-24(2,3)9-8-21(20)26(17)16-23(27)28)14-18-6-4-5-7-22(18)32(29,30)25-10-12-31-13-11-25/h4-7H,8-16H2,1-3H3,(H,27,28). The minimum atomic E-state index is -3.63. The molecule has 0 spiro atoms. The Morgan fingerprint density at radius 1 is 1.19 bits per heavy atom. The molecule has 0 atom stereocenters. The summed E-state index contributed by atoms with van der Waals surface area (Å²) in [5.41, 5.74) is 5.16. The molecular formula is C24H32N2O5S. The predicted octanol–water partition coefficient (Wildman–Crippen LogP) is 3.01. The van der Waals surface area contributed by atoms with Crippen LogP contribution in [0.3, 0.4) is 0 Å². The predicted molar refractivity (Wildman–Crippen MR) is 121 cm³/mol. The third kappa shape index (κ3) is 4.36. The molecule has 32 heavy (non-hydrogen) atoms. The van der Waals surface area contributed by atoms with E-state index in [0.717, 1.165) is 41.8 Å². The number of hydrogen-bond acceptors (Lipinski definition) is 4. The fourth-order valence-electron chi connectivity index (χ4n) is 5.04. The van der Waals surface area contributed by atoms with Crippen molar-refractivity contribution in [3.8, 4) is 0 Å². The molecule has 0 unspecified atom stereocenters. The summed E-state index contributed by atoms with van der Waals surface area (Å²) in [5.74, 6) is -0.863. The van der Waals surface area contributed by atoms with Gasteiger partial charge in [0, 0.05) is 30.9 Å². The Balaban J connectivity index is 1.77. The van der Waals surface area contributed by atoms with Gasteiger partial charge in [0.05, 0.1) is 18.1 Å². The molecule has 1 aromatic heterocycles. The highest BCUT2D eigenvalue weighted by molar-refractivity contribution is 7.89.